The fraction of sp³-hybridized carbons (Fsp3) is 0.636. The third-order valence-corrected chi connectivity index (χ3v) is 2.97. The molecule has 0 aromatic carbocycles. The SMILES string of the molecule is CCC(C)(CCO)NCc1ccc(Cl)o1. The number of rotatable bonds is 6. The zero-order valence-electron chi connectivity index (χ0n) is 9.22. The molecule has 0 aliphatic rings. The van der Waals surface area contributed by atoms with Gasteiger partial charge in [-0.25, -0.2) is 0 Å². The molecule has 0 aliphatic heterocycles. The minimum atomic E-state index is -0.0476. The van der Waals surface area contributed by atoms with Crippen molar-refractivity contribution in [2.24, 2.45) is 0 Å². The van der Waals surface area contributed by atoms with Crippen LogP contribution in [0.3, 0.4) is 0 Å². The molecule has 0 radical (unpaired) electrons. The van der Waals surface area contributed by atoms with E-state index in [1.165, 1.54) is 0 Å². The summed E-state index contributed by atoms with van der Waals surface area (Å²) in [6, 6.07) is 3.58. The monoisotopic (exact) mass is 231 g/mol. The molecule has 0 saturated heterocycles. The van der Waals surface area contributed by atoms with E-state index in [-0.39, 0.29) is 12.1 Å². The number of hydrogen-bond acceptors (Lipinski definition) is 3. The highest BCUT2D eigenvalue weighted by Gasteiger charge is 2.20. The van der Waals surface area contributed by atoms with Gasteiger partial charge in [-0.1, -0.05) is 6.92 Å². The van der Waals surface area contributed by atoms with Gasteiger partial charge < -0.3 is 14.8 Å². The molecule has 86 valence electrons. The maximum absolute atomic E-state index is 8.95. The first-order valence-corrected chi connectivity index (χ1v) is 5.57. The molecule has 0 fully saturated rings. The summed E-state index contributed by atoms with van der Waals surface area (Å²) in [5, 5.41) is 12.7. The van der Waals surface area contributed by atoms with Gasteiger partial charge in [0.2, 0.25) is 0 Å². The standard InChI is InChI=1S/C11H18ClNO2/c1-3-11(2,6-7-14)13-8-9-4-5-10(12)15-9/h4-5,13-14H,3,6-8H2,1-2H3. The van der Waals surface area contributed by atoms with Gasteiger partial charge >= 0.3 is 0 Å². The predicted molar refractivity (Wildman–Crippen MR) is 61.0 cm³/mol. The Bertz CT molecular complexity index is 301. The predicted octanol–water partition coefficient (Wildman–Crippen LogP) is 2.57. The van der Waals surface area contributed by atoms with Gasteiger partial charge in [0.1, 0.15) is 5.76 Å². The van der Waals surface area contributed by atoms with Crippen LogP contribution in [0.15, 0.2) is 16.5 Å². The van der Waals surface area contributed by atoms with E-state index >= 15 is 0 Å². The van der Waals surface area contributed by atoms with Crippen LogP contribution in [0.2, 0.25) is 5.22 Å². The highest BCUT2D eigenvalue weighted by Crippen LogP contribution is 2.17. The molecule has 0 amide bonds. The zero-order chi connectivity index (χ0) is 11.3. The average molecular weight is 232 g/mol. The lowest BCUT2D eigenvalue weighted by molar-refractivity contribution is 0.211. The Morgan fingerprint density at radius 1 is 1.53 bits per heavy atom. The second-order valence-electron chi connectivity index (χ2n) is 3.95. The van der Waals surface area contributed by atoms with Gasteiger partial charge in [0.25, 0.3) is 0 Å². The Hall–Kier alpha value is -0.510. The largest absolute Gasteiger partial charge is 0.448 e. The molecule has 0 spiro atoms. The first-order chi connectivity index (χ1) is 7.09. The average Bonchev–Trinajstić information content (AvgIpc) is 2.62. The van der Waals surface area contributed by atoms with Crippen LogP contribution in [0.5, 0.6) is 0 Å². The highest BCUT2D eigenvalue weighted by molar-refractivity contribution is 6.28. The van der Waals surface area contributed by atoms with Crippen molar-refractivity contribution in [2.75, 3.05) is 6.61 Å². The number of aliphatic hydroxyl groups is 1. The summed E-state index contributed by atoms with van der Waals surface area (Å²) in [4.78, 5) is 0. The Kier molecular flexibility index (Phi) is 4.64. The molecule has 0 bridgehead atoms. The Balaban J connectivity index is 2.47. The van der Waals surface area contributed by atoms with Crippen molar-refractivity contribution in [2.45, 2.75) is 38.8 Å². The molecule has 0 saturated carbocycles. The van der Waals surface area contributed by atoms with E-state index in [2.05, 4.69) is 19.2 Å². The molecule has 1 heterocycles. The highest BCUT2D eigenvalue weighted by atomic mass is 35.5. The summed E-state index contributed by atoms with van der Waals surface area (Å²) in [5.41, 5.74) is -0.0476. The number of furan rings is 1. The quantitative estimate of drug-likeness (QED) is 0.791. The van der Waals surface area contributed by atoms with Crippen LogP contribution in [-0.2, 0) is 6.54 Å². The van der Waals surface area contributed by atoms with E-state index in [9.17, 15) is 0 Å². The Labute approximate surface area is 95.4 Å². The van der Waals surface area contributed by atoms with Crippen molar-refractivity contribution in [1.29, 1.82) is 0 Å². The molecule has 1 rings (SSSR count). The smallest absolute Gasteiger partial charge is 0.193 e. The van der Waals surface area contributed by atoms with Crippen LogP contribution in [0.1, 0.15) is 32.4 Å². The van der Waals surface area contributed by atoms with Crippen molar-refractivity contribution in [3.05, 3.63) is 23.1 Å². The van der Waals surface area contributed by atoms with Crippen LogP contribution in [0.25, 0.3) is 0 Å². The molecule has 4 heteroatoms. The Morgan fingerprint density at radius 3 is 2.73 bits per heavy atom. The summed E-state index contributed by atoms with van der Waals surface area (Å²) in [6.45, 7) is 5.01. The van der Waals surface area contributed by atoms with Gasteiger partial charge in [-0.15, -0.1) is 0 Å². The van der Waals surface area contributed by atoms with Crippen molar-refractivity contribution < 1.29 is 9.52 Å². The number of nitrogens with one attached hydrogen (secondary N) is 1. The molecule has 1 atom stereocenters. The van der Waals surface area contributed by atoms with E-state index in [4.69, 9.17) is 21.1 Å². The third-order valence-electron chi connectivity index (χ3n) is 2.76. The van der Waals surface area contributed by atoms with Crippen molar-refractivity contribution in [1.82, 2.24) is 5.32 Å². The lowest BCUT2D eigenvalue weighted by Gasteiger charge is -2.28. The summed E-state index contributed by atoms with van der Waals surface area (Å²) < 4.78 is 5.24. The van der Waals surface area contributed by atoms with Crippen LogP contribution in [0.4, 0.5) is 0 Å². The summed E-state index contributed by atoms with van der Waals surface area (Å²) in [6.07, 6.45) is 1.69. The van der Waals surface area contributed by atoms with Gasteiger partial charge in [0.05, 0.1) is 6.54 Å². The van der Waals surface area contributed by atoms with Gasteiger partial charge in [0.15, 0.2) is 5.22 Å². The Morgan fingerprint density at radius 2 is 2.27 bits per heavy atom. The normalized spacial score (nSPS) is 15.2. The lowest BCUT2D eigenvalue weighted by Crippen LogP contribution is -2.41. The van der Waals surface area contributed by atoms with Crippen LogP contribution < -0.4 is 5.32 Å². The number of aliphatic hydroxyl groups excluding tert-OH is 1. The molecule has 1 unspecified atom stereocenters. The molecule has 0 aliphatic carbocycles. The minimum absolute atomic E-state index is 0.0476. The molecule has 1 aromatic rings. The lowest BCUT2D eigenvalue weighted by atomic mass is 9.95. The van der Waals surface area contributed by atoms with Crippen molar-refractivity contribution in [3.8, 4) is 0 Å². The van der Waals surface area contributed by atoms with Gasteiger partial charge in [-0.2, -0.15) is 0 Å². The molecule has 1 aromatic heterocycles. The van der Waals surface area contributed by atoms with E-state index < -0.39 is 0 Å². The minimum Gasteiger partial charge on any atom is -0.448 e. The zero-order valence-corrected chi connectivity index (χ0v) is 9.97. The first-order valence-electron chi connectivity index (χ1n) is 5.20. The van der Waals surface area contributed by atoms with E-state index in [1.807, 2.05) is 6.07 Å². The maximum Gasteiger partial charge on any atom is 0.193 e. The van der Waals surface area contributed by atoms with Gasteiger partial charge in [-0.05, 0) is 43.5 Å². The second kappa shape index (κ2) is 5.54. The molecule has 3 nitrogen and oxygen atoms in total. The molecule has 2 N–H and O–H groups in total. The van der Waals surface area contributed by atoms with Crippen LogP contribution in [0, 0.1) is 0 Å². The molecule has 15 heavy (non-hydrogen) atoms. The van der Waals surface area contributed by atoms with Gasteiger partial charge in [0, 0.05) is 12.1 Å². The van der Waals surface area contributed by atoms with Crippen molar-refractivity contribution >= 4 is 11.6 Å². The van der Waals surface area contributed by atoms with E-state index in [1.54, 1.807) is 6.07 Å². The molecular formula is C11H18ClNO2. The first kappa shape index (κ1) is 12.6. The second-order valence-corrected chi connectivity index (χ2v) is 4.32. The van der Waals surface area contributed by atoms with E-state index in [0.717, 1.165) is 18.6 Å². The fourth-order valence-electron chi connectivity index (χ4n) is 1.38. The van der Waals surface area contributed by atoms with E-state index in [0.29, 0.717) is 11.8 Å². The fourth-order valence-corrected chi connectivity index (χ4v) is 1.55. The summed E-state index contributed by atoms with van der Waals surface area (Å²) >= 11 is 5.67. The summed E-state index contributed by atoms with van der Waals surface area (Å²) in [5.74, 6) is 0.817. The maximum atomic E-state index is 8.95. The van der Waals surface area contributed by atoms with Gasteiger partial charge in [-0.3, -0.25) is 0 Å². The van der Waals surface area contributed by atoms with Crippen LogP contribution in [-0.4, -0.2) is 17.3 Å². The third kappa shape index (κ3) is 3.86. The summed E-state index contributed by atoms with van der Waals surface area (Å²) in [7, 11) is 0. The number of halogens is 1. The topological polar surface area (TPSA) is 45.4 Å². The van der Waals surface area contributed by atoms with Crippen molar-refractivity contribution in [3.63, 3.8) is 0 Å². The number of hydrogen-bond donors (Lipinski definition) is 2. The van der Waals surface area contributed by atoms with Crippen LogP contribution >= 0.6 is 11.6 Å². The molecular weight excluding hydrogens is 214 g/mol.